The first-order valence-corrected chi connectivity index (χ1v) is 12.8. The zero-order chi connectivity index (χ0) is 21.3. The molecule has 0 aromatic heterocycles. The SMILES string of the molecule is C[C@@H]1CCC([C@@H](C)[C@H]2[C@@H](O)C[C@H]3[C@@H]4CC=C5C[C@@H](O)CC[C@]5(C)[C@H]4CC[C@]23C)=NC1. The van der Waals surface area contributed by atoms with E-state index in [4.69, 9.17) is 4.99 Å². The highest BCUT2D eigenvalue weighted by Gasteiger charge is 2.62. The van der Waals surface area contributed by atoms with Crippen molar-refractivity contribution in [3.05, 3.63) is 11.6 Å². The number of rotatable bonds is 2. The van der Waals surface area contributed by atoms with Crippen LogP contribution in [0.1, 0.15) is 85.5 Å². The van der Waals surface area contributed by atoms with Crippen LogP contribution in [0.2, 0.25) is 0 Å². The molecule has 0 saturated heterocycles. The van der Waals surface area contributed by atoms with E-state index in [2.05, 4.69) is 33.8 Å². The number of hydrogen-bond donors (Lipinski definition) is 2. The number of fused-ring (bicyclic) bond motifs is 5. The van der Waals surface area contributed by atoms with E-state index in [1.807, 2.05) is 0 Å². The van der Waals surface area contributed by atoms with Crippen molar-refractivity contribution in [2.24, 2.45) is 51.3 Å². The largest absolute Gasteiger partial charge is 0.393 e. The summed E-state index contributed by atoms with van der Waals surface area (Å²) in [5, 5.41) is 21.6. The molecule has 0 radical (unpaired) electrons. The van der Waals surface area contributed by atoms with E-state index in [0.717, 1.165) is 51.0 Å². The molecule has 0 amide bonds. The summed E-state index contributed by atoms with van der Waals surface area (Å²) in [4.78, 5) is 4.98. The van der Waals surface area contributed by atoms with Crippen LogP contribution in [-0.4, -0.2) is 34.7 Å². The second kappa shape index (κ2) is 7.44. The fraction of sp³-hybridized carbons (Fsp3) is 0.889. The minimum absolute atomic E-state index is 0.132. The molecule has 168 valence electrons. The summed E-state index contributed by atoms with van der Waals surface area (Å²) in [7, 11) is 0. The Labute approximate surface area is 183 Å². The van der Waals surface area contributed by atoms with Gasteiger partial charge in [0.25, 0.3) is 0 Å². The molecule has 5 aliphatic rings. The summed E-state index contributed by atoms with van der Waals surface area (Å²) in [6, 6.07) is 0. The van der Waals surface area contributed by atoms with E-state index in [1.54, 1.807) is 5.57 Å². The molecule has 3 fully saturated rings. The molecule has 0 aromatic rings. The minimum Gasteiger partial charge on any atom is -0.393 e. The molecule has 0 spiro atoms. The van der Waals surface area contributed by atoms with Gasteiger partial charge in [0.2, 0.25) is 0 Å². The Bertz CT molecular complexity index is 743. The monoisotopic (exact) mass is 413 g/mol. The van der Waals surface area contributed by atoms with Gasteiger partial charge in [-0.25, -0.2) is 0 Å². The average Bonchev–Trinajstić information content (AvgIpc) is 2.98. The Hall–Kier alpha value is -0.670. The van der Waals surface area contributed by atoms with Crippen LogP contribution in [0.15, 0.2) is 16.6 Å². The van der Waals surface area contributed by atoms with Gasteiger partial charge in [-0.1, -0.05) is 39.3 Å². The topological polar surface area (TPSA) is 52.8 Å². The van der Waals surface area contributed by atoms with E-state index < -0.39 is 0 Å². The summed E-state index contributed by atoms with van der Waals surface area (Å²) < 4.78 is 0. The van der Waals surface area contributed by atoms with Gasteiger partial charge in [0.1, 0.15) is 0 Å². The molecule has 0 bridgehead atoms. The highest BCUT2D eigenvalue weighted by Crippen LogP contribution is 2.67. The summed E-state index contributed by atoms with van der Waals surface area (Å²) in [5.74, 6) is 3.55. The number of aliphatic hydroxyl groups is 2. The predicted molar refractivity (Wildman–Crippen MR) is 122 cm³/mol. The maximum Gasteiger partial charge on any atom is 0.0582 e. The second-order valence-electron chi connectivity index (χ2n) is 12.3. The second-order valence-corrected chi connectivity index (χ2v) is 12.3. The van der Waals surface area contributed by atoms with E-state index in [0.29, 0.717) is 29.6 Å². The van der Waals surface area contributed by atoms with Crippen molar-refractivity contribution in [3.63, 3.8) is 0 Å². The third-order valence-electron chi connectivity index (χ3n) is 10.8. The van der Waals surface area contributed by atoms with Gasteiger partial charge < -0.3 is 10.2 Å². The van der Waals surface area contributed by atoms with Crippen LogP contribution in [-0.2, 0) is 0 Å². The van der Waals surface area contributed by atoms with Crippen LogP contribution < -0.4 is 0 Å². The molecule has 0 aromatic carbocycles. The maximum absolute atomic E-state index is 11.4. The first kappa shape index (κ1) is 21.2. The Morgan fingerprint density at radius 2 is 1.90 bits per heavy atom. The molecule has 1 aliphatic heterocycles. The van der Waals surface area contributed by atoms with Crippen LogP contribution in [0.5, 0.6) is 0 Å². The van der Waals surface area contributed by atoms with Gasteiger partial charge in [0, 0.05) is 12.3 Å². The normalized spacial score (nSPS) is 51.9. The Kier molecular flexibility index (Phi) is 5.26. The fourth-order valence-corrected chi connectivity index (χ4v) is 9.01. The van der Waals surface area contributed by atoms with E-state index in [1.165, 1.54) is 25.0 Å². The highest BCUT2D eigenvalue weighted by atomic mass is 16.3. The lowest BCUT2D eigenvalue weighted by Crippen LogP contribution is -2.51. The zero-order valence-electron chi connectivity index (χ0n) is 19.6. The summed E-state index contributed by atoms with van der Waals surface area (Å²) >= 11 is 0. The zero-order valence-corrected chi connectivity index (χ0v) is 19.6. The van der Waals surface area contributed by atoms with Crippen LogP contribution in [0.25, 0.3) is 0 Å². The molecule has 30 heavy (non-hydrogen) atoms. The van der Waals surface area contributed by atoms with Crippen molar-refractivity contribution in [2.45, 2.75) is 97.7 Å². The lowest BCUT2D eigenvalue weighted by molar-refractivity contribution is -0.0564. The number of allylic oxidation sites excluding steroid dienone is 1. The van der Waals surface area contributed by atoms with Gasteiger partial charge in [0.15, 0.2) is 0 Å². The highest BCUT2D eigenvalue weighted by molar-refractivity contribution is 5.87. The Morgan fingerprint density at radius 1 is 1.10 bits per heavy atom. The van der Waals surface area contributed by atoms with Crippen LogP contribution in [0.4, 0.5) is 0 Å². The van der Waals surface area contributed by atoms with Gasteiger partial charge in [-0.3, -0.25) is 4.99 Å². The van der Waals surface area contributed by atoms with Gasteiger partial charge in [-0.05, 0) is 104 Å². The predicted octanol–water partition coefficient (Wildman–Crippen LogP) is 5.40. The summed E-state index contributed by atoms with van der Waals surface area (Å²) in [5.41, 5.74) is 3.45. The third kappa shape index (κ3) is 3.09. The average molecular weight is 414 g/mol. The van der Waals surface area contributed by atoms with Crippen molar-refractivity contribution >= 4 is 5.71 Å². The smallest absolute Gasteiger partial charge is 0.0582 e. The van der Waals surface area contributed by atoms with Gasteiger partial charge in [0.05, 0.1) is 12.2 Å². The molecular formula is C27H43NO2. The van der Waals surface area contributed by atoms with E-state index in [9.17, 15) is 10.2 Å². The molecule has 10 atom stereocenters. The lowest BCUT2D eigenvalue weighted by atomic mass is 9.47. The molecule has 1 heterocycles. The molecule has 0 unspecified atom stereocenters. The number of aliphatic hydroxyl groups excluding tert-OH is 2. The maximum atomic E-state index is 11.4. The van der Waals surface area contributed by atoms with Gasteiger partial charge in [-0.2, -0.15) is 0 Å². The van der Waals surface area contributed by atoms with Crippen LogP contribution >= 0.6 is 0 Å². The Morgan fingerprint density at radius 3 is 2.63 bits per heavy atom. The van der Waals surface area contributed by atoms with Crippen LogP contribution in [0.3, 0.4) is 0 Å². The molecule has 3 saturated carbocycles. The van der Waals surface area contributed by atoms with Crippen molar-refractivity contribution < 1.29 is 10.2 Å². The number of nitrogens with zero attached hydrogens (tertiary/aromatic N) is 1. The van der Waals surface area contributed by atoms with Crippen molar-refractivity contribution in [1.82, 2.24) is 0 Å². The molecule has 5 rings (SSSR count). The van der Waals surface area contributed by atoms with Gasteiger partial charge in [-0.15, -0.1) is 0 Å². The summed E-state index contributed by atoms with van der Waals surface area (Å²) in [6.45, 7) is 10.7. The fourth-order valence-electron chi connectivity index (χ4n) is 9.01. The number of hydrogen-bond acceptors (Lipinski definition) is 3. The lowest BCUT2D eigenvalue weighted by Gasteiger charge is -2.58. The first-order valence-electron chi connectivity index (χ1n) is 12.8. The van der Waals surface area contributed by atoms with E-state index in [-0.39, 0.29) is 23.0 Å². The quantitative estimate of drug-likeness (QED) is 0.595. The standard InChI is InChI=1S/C27H43NO2/c1-16-5-8-23(28-15-16)17(2)25-24(30)14-22-20-7-6-18-13-19(29)9-11-26(18,3)21(20)10-12-27(22,25)4/h6,16-17,19-22,24-25,29-30H,5,7-15H2,1-4H3/t16-,17-,19+,20-,21+,22+,24+,25+,26+,27+/m1/s1. The molecule has 4 aliphatic carbocycles. The Balaban J connectivity index is 1.42. The molecule has 3 nitrogen and oxygen atoms in total. The minimum atomic E-state index is -0.179. The summed E-state index contributed by atoms with van der Waals surface area (Å²) in [6.07, 6.45) is 12.3. The molecule has 3 heteroatoms. The molecular weight excluding hydrogens is 370 g/mol. The van der Waals surface area contributed by atoms with Crippen LogP contribution in [0, 0.1) is 46.3 Å². The van der Waals surface area contributed by atoms with Crippen molar-refractivity contribution in [3.8, 4) is 0 Å². The molecule has 2 N–H and O–H groups in total. The number of aliphatic imine (C=N–C) groups is 1. The van der Waals surface area contributed by atoms with Crippen molar-refractivity contribution in [2.75, 3.05) is 6.54 Å². The van der Waals surface area contributed by atoms with E-state index >= 15 is 0 Å². The van der Waals surface area contributed by atoms with Crippen molar-refractivity contribution in [1.29, 1.82) is 0 Å². The first-order chi connectivity index (χ1) is 14.2. The third-order valence-corrected chi connectivity index (χ3v) is 10.8. The van der Waals surface area contributed by atoms with Gasteiger partial charge >= 0.3 is 0 Å².